The van der Waals surface area contributed by atoms with Crippen molar-refractivity contribution in [3.63, 3.8) is 0 Å². The first-order valence-corrected chi connectivity index (χ1v) is 8.84. The highest BCUT2D eigenvalue weighted by Crippen LogP contribution is 2.25. The smallest absolute Gasteiger partial charge is 0.230 e. The van der Waals surface area contributed by atoms with Gasteiger partial charge >= 0.3 is 0 Å². The fourth-order valence-corrected chi connectivity index (χ4v) is 3.38. The maximum atomic E-state index is 12.2. The molecule has 2 aromatic carbocycles. The van der Waals surface area contributed by atoms with Gasteiger partial charge in [0, 0.05) is 21.7 Å². The predicted molar refractivity (Wildman–Crippen MR) is 101 cm³/mol. The first-order chi connectivity index (χ1) is 11.5. The number of rotatable bonds is 4. The molecule has 0 saturated heterocycles. The van der Waals surface area contributed by atoms with E-state index in [0.717, 1.165) is 27.5 Å². The van der Waals surface area contributed by atoms with Crippen molar-refractivity contribution in [3.8, 4) is 10.6 Å². The molecule has 0 atom stereocenters. The Hall–Kier alpha value is -2.17. The highest BCUT2D eigenvalue weighted by Gasteiger charge is 2.10. The van der Waals surface area contributed by atoms with E-state index in [1.807, 2.05) is 55.6 Å². The minimum absolute atomic E-state index is 0.0603. The molecule has 0 unspecified atom stereocenters. The highest BCUT2D eigenvalue weighted by atomic mass is 35.5. The quantitative estimate of drug-likeness (QED) is 0.692. The van der Waals surface area contributed by atoms with Crippen LogP contribution in [0.1, 0.15) is 16.8 Å². The van der Waals surface area contributed by atoms with Gasteiger partial charge in [0.25, 0.3) is 0 Å². The monoisotopic (exact) mass is 356 g/mol. The molecule has 0 aliphatic rings. The summed E-state index contributed by atoms with van der Waals surface area (Å²) >= 11 is 7.43. The van der Waals surface area contributed by atoms with Crippen molar-refractivity contribution >= 4 is 34.5 Å². The van der Waals surface area contributed by atoms with Gasteiger partial charge in [-0.2, -0.15) is 0 Å². The number of halogens is 1. The van der Waals surface area contributed by atoms with Crippen LogP contribution in [0.3, 0.4) is 0 Å². The molecule has 0 fully saturated rings. The Kier molecular flexibility index (Phi) is 4.97. The summed E-state index contributed by atoms with van der Waals surface area (Å²) in [5.74, 6) is -0.0603. The van der Waals surface area contributed by atoms with Gasteiger partial charge in [0.2, 0.25) is 5.91 Å². The molecule has 0 aliphatic heterocycles. The normalized spacial score (nSPS) is 10.6. The van der Waals surface area contributed by atoms with E-state index >= 15 is 0 Å². The van der Waals surface area contributed by atoms with Gasteiger partial charge in [0.05, 0.1) is 12.1 Å². The number of carbonyl (C=O) groups is 1. The number of benzene rings is 2. The van der Waals surface area contributed by atoms with E-state index in [1.165, 1.54) is 16.9 Å². The Morgan fingerprint density at radius 3 is 2.62 bits per heavy atom. The number of aryl methyl sites for hydroxylation is 2. The molecular weight excluding hydrogens is 340 g/mol. The summed E-state index contributed by atoms with van der Waals surface area (Å²) in [5, 5.41) is 6.46. The Labute approximate surface area is 150 Å². The summed E-state index contributed by atoms with van der Waals surface area (Å²) < 4.78 is 0. The summed E-state index contributed by atoms with van der Waals surface area (Å²) in [5.41, 5.74) is 4.86. The van der Waals surface area contributed by atoms with E-state index in [2.05, 4.69) is 16.4 Å². The zero-order valence-electron chi connectivity index (χ0n) is 13.5. The average Bonchev–Trinajstić information content (AvgIpc) is 2.99. The SMILES string of the molecule is Cc1ccc(NC(=O)Cc2csc(-c3ccc(Cl)cc3)n2)c(C)c1. The number of aromatic nitrogens is 1. The van der Waals surface area contributed by atoms with E-state index in [-0.39, 0.29) is 12.3 Å². The molecule has 0 saturated carbocycles. The second-order valence-electron chi connectivity index (χ2n) is 5.69. The van der Waals surface area contributed by atoms with Gasteiger partial charge in [-0.25, -0.2) is 4.98 Å². The molecule has 1 aromatic heterocycles. The zero-order valence-corrected chi connectivity index (χ0v) is 15.0. The van der Waals surface area contributed by atoms with Crippen LogP contribution in [0, 0.1) is 13.8 Å². The minimum atomic E-state index is -0.0603. The molecule has 3 nitrogen and oxygen atoms in total. The molecule has 24 heavy (non-hydrogen) atoms. The maximum absolute atomic E-state index is 12.2. The minimum Gasteiger partial charge on any atom is -0.326 e. The van der Waals surface area contributed by atoms with Gasteiger partial charge in [-0.05, 0) is 37.6 Å². The Balaban J connectivity index is 1.68. The molecule has 0 radical (unpaired) electrons. The van der Waals surface area contributed by atoms with Crippen LogP contribution in [0.25, 0.3) is 10.6 Å². The molecule has 0 bridgehead atoms. The number of carbonyl (C=O) groups excluding carboxylic acids is 1. The lowest BCUT2D eigenvalue weighted by Gasteiger charge is -2.08. The van der Waals surface area contributed by atoms with Crippen molar-refractivity contribution in [1.82, 2.24) is 4.98 Å². The van der Waals surface area contributed by atoms with Gasteiger partial charge in [-0.3, -0.25) is 4.79 Å². The summed E-state index contributed by atoms with van der Waals surface area (Å²) in [6.45, 7) is 4.02. The van der Waals surface area contributed by atoms with Crippen molar-refractivity contribution in [3.05, 3.63) is 69.7 Å². The number of hydrogen-bond acceptors (Lipinski definition) is 3. The predicted octanol–water partition coefficient (Wildman–Crippen LogP) is 5.26. The van der Waals surface area contributed by atoms with Gasteiger partial charge < -0.3 is 5.32 Å². The molecule has 1 amide bonds. The number of amides is 1. The van der Waals surface area contributed by atoms with Crippen LogP contribution < -0.4 is 5.32 Å². The summed E-state index contributed by atoms with van der Waals surface area (Å²) in [4.78, 5) is 16.8. The third-order valence-electron chi connectivity index (χ3n) is 3.64. The first kappa shape index (κ1) is 16.7. The third-order valence-corrected chi connectivity index (χ3v) is 4.83. The number of anilines is 1. The number of nitrogens with one attached hydrogen (secondary N) is 1. The molecule has 3 aromatic rings. The van der Waals surface area contributed by atoms with Crippen LogP contribution >= 0.6 is 22.9 Å². The van der Waals surface area contributed by atoms with Crippen LogP contribution in [0.4, 0.5) is 5.69 Å². The Bertz CT molecular complexity index is 871. The van der Waals surface area contributed by atoms with Gasteiger partial charge in [0.1, 0.15) is 5.01 Å². The topological polar surface area (TPSA) is 42.0 Å². The van der Waals surface area contributed by atoms with Gasteiger partial charge in [0.15, 0.2) is 0 Å². The van der Waals surface area contributed by atoms with Gasteiger partial charge in [-0.15, -0.1) is 11.3 Å². The molecular formula is C19H17ClN2OS. The van der Waals surface area contributed by atoms with Crippen LogP contribution in [-0.2, 0) is 11.2 Å². The van der Waals surface area contributed by atoms with Crippen LogP contribution in [0.15, 0.2) is 47.8 Å². The largest absolute Gasteiger partial charge is 0.326 e. The number of thiazole rings is 1. The average molecular weight is 357 g/mol. The van der Waals surface area contributed by atoms with Crippen molar-refractivity contribution in [2.24, 2.45) is 0 Å². The van der Waals surface area contributed by atoms with Crippen molar-refractivity contribution < 1.29 is 4.79 Å². The van der Waals surface area contributed by atoms with Crippen LogP contribution in [-0.4, -0.2) is 10.9 Å². The zero-order chi connectivity index (χ0) is 17.1. The molecule has 5 heteroatoms. The van der Waals surface area contributed by atoms with Crippen LogP contribution in [0.2, 0.25) is 5.02 Å². The maximum Gasteiger partial charge on any atom is 0.230 e. The molecule has 0 spiro atoms. The summed E-state index contributed by atoms with van der Waals surface area (Å²) in [6, 6.07) is 13.5. The standard InChI is InChI=1S/C19H17ClN2OS/c1-12-3-8-17(13(2)9-12)22-18(23)10-16-11-24-19(21-16)14-4-6-15(20)7-5-14/h3-9,11H,10H2,1-2H3,(H,22,23). The van der Waals surface area contributed by atoms with Gasteiger partial charge in [-0.1, -0.05) is 41.4 Å². The van der Waals surface area contributed by atoms with Crippen molar-refractivity contribution in [1.29, 1.82) is 0 Å². The fraction of sp³-hybridized carbons (Fsp3) is 0.158. The third kappa shape index (κ3) is 4.02. The first-order valence-electron chi connectivity index (χ1n) is 7.59. The van der Waals surface area contributed by atoms with Crippen molar-refractivity contribution in [2.45, 2.75) is 20.3 Å². The summed E-state index contributed by atoms with van der Waals surface area (Å²) in [7, 11) is 0. The second kappa shape index (κ2) is 7.16. The van der Waals surface area contributed by atoms with E-state index in [9.17, 15) is 4.79 Å². The molecule has 1 heterocycles. The lowest BCUT2D eigenvalue weighted by molar-refractivity contribution is -0.115. The van der Waals surface area contributed by atoms with Crippen LogP contribution in [0.5, 0.6) is 0 Å². The molecule has 122 valence electrons. The Morgan fingerprint density at radius 2 is 1.92 bits per heavy atom. The Morgan fingerprint density at radius 1 is 1.17 bits per heavy atom. The number of hydrogen-bond donors (Lipinski definition) is 1. The lowest BCUT2D eigenvalue weighted by Crippen LogP contribution is -2.15. The highest BCUT2D eigenvalue weighted by molar-refractivity contribution is 7.13. The second-order valence-corrected chi connectivity index (χ2v) is 6.99. The van der Waals surface area contributed by atoms with E-state index in [0.29, 0.717) is 5.02 Å². The molecule has 0 aliphatic carbocycles. The fourth-order valence-electron chi connectivity index (χ4n) is 2.43. The summed E-state index contributed by atoms with van der Waals surface area (Å²) in [6.07, 6.45) is 0.261. The van der Waals surface area contributed by atoms with Crippen molar-refractivity contribution in [2.75, 3.05) is 5.32 Å². The molecule has 3 rings (SSSR count). The van der Waals surface area contributed by atoms with E-state index in [4.69, 9.17) is 11.6 Å². The lowest BCUT2D eigenvalue weighted by atomic mass is 10.1. The van der Waals surface area contributed by atoms with E-state index in [1.54, 1.807) is 0 Å². The van der Waals surface area contributed by atoms with E-state index < -0.39 is 0 Å². The number of nitrogens with zero attached hydrogens (tertiary/aromatic N) is 1. The molecule has 1 N–H and O–H groups in total.